The molecule has 0 saturated heterocycles. The van der Waals surface area contributed by atoms with E-state index in [0.29, 0.717) is 22.6 Å². The van der Waals surface area contributed by atoms with E-state index in [1.807, 2.05) is 17.8 Å². The van der Waals surface area contributed by atoms with Crippen LogP contribution in [0.25, 0.3) is 0 Å². The molecule has 27 heavy (non-hydrogen) atoms. The highest BCUT2D eigenvalue weighted by molar-refractivity contribution is 7.99. The first-order chi connectivity index (χ1) is 12.9. The van der Waals surface area contributed by atoms with Crippen LogP contribution < -0.4 is 9.47 Å². The van der Waals surface area contributed by atoms with Crippen LogP contribution in [0, 0.1) is 0 Å². The predicted octanol–water partition coefficient (Wildman–Crippen LogP) is 5.57. The van der Waals surface area contributed by atoms with Crippen LogP contribution in [-0.4, -0.2) is 31.5 Å². The molecule has 0 spiro atoms. The van der Waals surface area contributed by atoms with Crippen LogP contribution in [0.5, 0.6) is 11.5 Å². The number of allylic oxidation sites excluding steroid dienone is 4. The number of benzene rings is 1. The summed E-state index contributed by atoms with van der Waals surface area (Å²) in [5.74, 6) is 1.49. The maximum Gasteiger partial charge on any atom is 0.190 e. The minimum Gasteiger partial charge on any atom is -0.496 e. The number of carbonyl (C=O) groups excluding carboxylic acids is 2. The van der Waals surface area contributed by atoms with Crippen molar-refractivity contribution >= 4 is 23.3 Å². The van der Waals surface area contributed by atoms with Gasteiger partial charge in [0.2, 0.25) is 0 Å². The molecule has 0 bridgehead atoms. The summed E-state index contributed by atoms with van der Waals surface area (Å²) in [5.41, 5.74) is 2.76. The lowest BCUT2D eigenvalue weighted by Gasteiger charge is -2.24. The van der Waals surface area contributed by atoms with Crippen LogP contribution >= 0.6 is 11.8 Å². The molecule has 0 radical (unpaired) electrons. The highest BCUT2D eigenvalue weighted by Crippen LogP contribution is 2.45. The van der Waals surface area contributed by atoms with Gasteiger partial charge in [-0.05, 0) is 50.7 Å². The average molecular weight is 389 g/mol. The molecule has 0 fully saturated rings. The summed E-state index contributed by atoms with van der Waals surface area (Å²) in [7, 11) is 3.08. The van der Waals surface area contributed by atoms with Crippen LogP contribution in [0.2, 0.25) is 0 Å². The molecule has 0 aliphatic heterocycles. The third-order valence-electron chi connectivity index (χ3n) is 4.48. The second-order valence-electron chi connectivity index (χ2n) is 6.74. The van der Waals surface area contributed by atoms with Gasteiger partial charge < -0.3 is 9.47 Å². The van der Waals surface area contributed by atoms with Crippen molar-refractivity contribution < 1.29 is 19.1 Å². The molecule has 1 aromatic carbocycles. The van der Waals surface area contributed by atoms with Crippen molar-refractivity contribution in [1.29, 1.82) is 0 Å². The van der Waals surface area contributed by atoms with E-state index in [1.54, 1.807) is 7.11 Å². The fourth-order valence-electron chi connectivity index (χ4n) is 3.08. The maximum absolute atomic E-state index is 12.6. The van der Waals surface area contributed by atoms with Gasteiger partial charge in [0.05, 0.1) is 25.3 Å². The fourth-order valence-corrected chi connectivity index (χ4v) is 4.40. The van der Waals surface area contributed by atoms with E-state index in [9.17, 15) is 9.59 Å². The Labute approximate surface area is 166 Å². The van der Waals surface area contributed by atoms with Gasteiger partial charge in [-0.15, -0.1) is 0 Å². The maximum atomic E-state index is 12.6. The molecule has 0 aromatic heterocycles. The van der Waals surface area contributed by atoms with Gasteiger partial charge in [-0.1, -0.05) is 25.0 Å². The first-order valence-electron chi connectivity index (χ1n) is 9.25. The number of hydrogen-bond acceptors (Lipinski definition) is 5. The number of methoxy groups -OCH3 is 2. The number of fused-ring (bicyclic) bond motifs is 1. The Kier molecular flexibility index (Phi) is 7.72. The molecule has 146 valence electrons. The van der Waals surface area contributed by atoms with Crippen LogP contribution in [0.3, 0.4) is 0 Å². The lowest BCUT2D eigenvalue weighted by molar-refractivity contribution is 0.0988. The van der Waals surface area contributed by atoms with Crippen LogP contribution in [0.4, 0.5) is 0 Å². The van der Waals surface area contributed by atoms with Crippen molar-refractivity contribution in [2.24, 2.45) is 0 Å². The molecule has 0 N–H and O–H groups in total. The second-order valence-corrected chi connectivity index (χ2v) is 8.05. The molecule has 0 amide bonds. The van der Waals surface area contributed by atoms with Gasteiger partial charge in [-0.3, -0.25) is 9.59 Å². The lowest BCUT2D eigenvalue weighted by Crippen LogP contribution is -2.16. The first-order valence-corrected chi connectivity index (χ1v) is 10.3. The largest absolute Gasteiger partial charge is 0.496 e. The Bertz CT molecular complexity index is 773. The molecule has 0 saturated carbocycles. The number of ketones is 2. The third kappa shape index (κ3) is 4.83. The lowest BCUT2D eigenvalue weighted by atomic mass is 9.89. The van der Waals surface area contributed by atoms with Gasteiger partial charge in [-0.25, -0.2) is 0 Å². The fraction of sp³-hybridized carbons (Fsp3) is 0.455. The van der Waals surface area contributed by atoms with Gasteiger partial charge in [0, 0.05) is 10.8 Å². The summed E-state index contributed by atoms with van der Waals surface area (Å²) in [6.07, 6.45) is 7.88. The van der Waals surface area contributed by atoms with E-state index >= 15 is 0 Å². The van der Waals surface area contributed by atoms with E-state index in [-0.39, 0.29) is 16.8 Å². The van der Waals surface area contributed by atoms with Crippen LogP contribution in [0.15, 0.2) is 29.9 Å². The van der Waals surface area contributed by atoms with Crippen LogP contribution in [0.1, 0.15) is 71.6 Å². The Balaban J connectivity index is 2.61. The Morgan fingerprint density at radius 2 is 1.78 bits per heavy atom. The zero-order chi connectivity index (χ0) is 20.0. The van der Waals surface area contributed by atoms with Crippen molar-refractivity contribution in [3.05, 3.63) is 46.6 Å². The van der Waals surface area contributed by atoms with Gasteiger partial charge in [0.1, 0.15) is 11.5 Å². The Morgan fingerprint density at radius 3 is 2.33 bits per heavy atom. The number of hydrogen-bond donors (Lipinski definition) is 0. The van der Waals surface area contributed by atoms with Gasteiger partial charge in [-0.2, -0.15) is 11.8 Å². The van der Waals surface area contributed by atoms with E-state index in [0.717, 1.165) is 30.6 Å². The summed E-state index contributed by atoms with van der Waals surface area (Å²) in [6.45, 7) is 6.32. The summed E-state index contributed by atoms with van der Waals surface area (Å²) >= 11 is 1.85. The van der Waals surface area contributed by atoms with Crippen molar-refractivity contribution in [3.63, 3.8) is 0 Å². The first kappa shape index (κ1) is 21.3. The van der Waals surface area contributed by atoms with Crippen LogP contribution in [-0.2, 0) is 0 Å². The number of carbonyl (C=O) groups is 2. The summed E-state index contributed by atoms with van der Waals surface area (Å²) < 4.78 is 11.1. The topological polar surface area (TPSA) is 52.6 Å². The zero-order valence-electron chi connectivity index (χ0n) is 16.8. The highest BCUT2D eigenvalue weighted by atomic mass is 32.2. The molecule has 1 aliphatic carbocycles. The molecule has 0 heterocycles. The highest BCUT2D eigenvalue weighted by Gasteiger charge is 2.31. The van der Waals surface area contributed by atoms with E-state index in [2.05, 4.69) is 26.8 Å². The van der Waals surface area contributed by atoms with Gasteiger partial charge in [0.25, 0.3) is 0 Å². The quantitative estimate of drug-likeness (QED) is 0.409. The van der Waals surface area contributed by atoms with Crippen molar-refractivity contribution in [1.82, 2.24) is 0 Å². The van der Waals surface area contributed by atoms with Crippen molar-refractivity contribution in [2.75, 3.05) is 20.0 Å². The summed E-state index contributed by atoms with van der Waals surface area (Å²) in [5, 5.41) is 0.120. The summed E-state index contributed by atoms with van der Waals surface area (Å²) in [6, 6.07) is 1.87. The number of ether oxygens (including phenoxy) is 2. The average Bonchev–Trinajstić information content (AvgIpc) is 2.65. The molecule has 1 aliphatic rings. The predicted molar refractivity (Wildman–Crippen MR) is 112 cm³/mol. The van der Waals surface area contributed by atoms with Gasteiger partial charge >= 0.3 is 0 Å². The molecular formula is C22H28O4S. The molecule has 1 atom stereocenters. The monoisotopic (exact) mass is 388 g/mol. The van der Waals surface area contributed by atoms with E-state index in [1.165, 1.54) is 24.8 Å². The number of unbranched alkanes of at least 4 members (excludes halogenated alkanes) is 1. The van der Waals surface area contributed by atoms with E-state index in [4.69, 9.17) is 9.47 Å². The van der Waals surface area contributed by atoms with Crippen molar-refractivity contribution in [2.45, 2.75) is 45.3 Å². The standard InChI is InChI=1S/C22H28O4S/c1-6-7-12-27-19(11-8-14(2)3)15-13-18(25-4)20-16(23)9-10-17(24)21(20)22(15)26-5/h8-10,13,19H,6-7,11-12H2,1-5H3. The molecule has 1 aromatic rings. The summed E-state index contributed by atoms with van der Waals surface area (Å²) in [4.78, 5) is 25.0. The SMILES string of the molecule is CCCCSC(CC=C(C)C)c1cc(OC)c2c(c1OC)C(=O)C=CC2=O. The zero-order valence-corrected chi connectivity index (χ0v) is 17.6. The smallest absolute Gasteiger partial charge is 0.190 e. The third-order valence-corrected chi connectivity index (χ3v) is 5.85. The minimum atomic E-state index is -0.231. The minimum absolute atomic E-state index is 0.120. The molecule has 5 heteroatoms. The normalized spacial score (nSPS) is 14.0. The molecule has 2 rings (SSSR count). The molecular weight excluding hydrogens is 360 g/mol. The Hall–Kier alpha value is -2.01. The van der Waals surface area contributed by atoms with Crippen molar-refractivity contribution in [3.8, 4) is 11.5 Å². The molecule has 4 nitrogen and oxygen atoms in total. The van der Waals surface area contributed by atoms with E-state index < -0.39 is 0 Å². The second kappa shape index (κ2) is 9.79. The molecule has 1 unspecified atom stereocenters. The number of thioether (sulfide) groups is 1. The number of rotatable bonds is 9. The van der Waals surface area contributed by atoms with Gasteiger partial charge in [0.15, 0.2) is 11.6 Å². The Morgan fingerprint density at radius 1 is 1.11 bits per heavy atom.